The standard InChI is InChI=1S/C18H26N2O4/c1-6-20(4)17(22)14-9-7-8-13(11-14)16(21)19-15(10-12(2)3)18(23)24-5/h7-9,11-12,15H,6,10H2,1-5H3,(H,19,21). The van der Waals surface area contributed by atoms with Gasteiger partial charge in [0.25, 0.3) is 11.8 Å². The van der Waals surface area contributed by atoms with Crippen molar-refractivity contribution in [3.63, 3.8) is 0 Å². The van der Waals surface area contributed by atoms with Crippen molar-refractivity contribution >= 4 is 17.8 Å². The third kappa shape index (κ3) is 5.37. The Morgan fingerprint density at radius 3 is 2.38 bits per heavy atom. The van der Waals surface area contributed by atoms with Gasteiger partial charge in [-0.1, -0.05) is 19.9 Å². The Morgan fingerprint density at radius 1 is 1.21 bits per heavy atom. The minimum atomic E-state index is -0.708. The zero-order valence-electron chi connectivity index (χ0n) is 15.0. The first kappa shape index (κ1) is 19.7. The fourth-order valence-electron chi connectivity index (χ4n) is 2.23. The number of hydrogen-bond donors (Lipinski definition) is 1. The lowest BCUT2D eigenvalue weighted by atomic mass is 10.0. The molecule has 132 valence electrons. The zero-order chi connectivity index (χ0) is 18.3. The molecule has 2 amide bonds. The number of methoxy groups -OCH3 is 1. The average Bonchev–Trinajstić information content (AvgIpc) is 2.58. The van der Waals surface area contributed by atoms with Gasteiger partial charge in [-0.3, -0.25) is 9.59 Å². The Hall–Kier alpha value is -2.37. The van der Waals surface area contributed by atoms with Gasteiger partial charge in [-0.05, 0) is 37.5 Å². The van der Waals surface area contributed by atoms with Gasteiger partial charge in [-0.25, -0.2) is 4.79 Å². The summed E-state index contributed by atoms with van der Waals surface area (Å²) in [6, 6.07) is 5.76. The fourth-order valence-corrected chi connectivity index (χ4v) is 2.23. The predicted octanol–water partition coefficient (Wildman–Crippen LogP) is 2.10. The van der Waals surface area contributed by atoms with Gasteiger partial charge in [-0.15, -0.1) is 0 Å². The molecule has 0 aromatic heterocycles. The topological polar surface area (TPSA) is 75.7 Å². The minimum absolute atomic E-state index is 0.154. The Kier molecular flexibility index (Phi) is 7.42. The highest BCUT2D eigenvalue weighted by Gasteiger charge is 2.23. The molecule has 0 bridgehead atoms. The van der Waals surface area contributed by atoms with Gasteiger partial charge in [0.1, 0.15) is 6.04 Å². The lowest BCUT2D eigenvalue weighted by Gasteiger charge is -2.19. The van der Waals surface area contributed by atoms with Crippen molar-refractivity contribution in [2.75, 3.05) is 20.7 Å². The van der Waals surface area contributed by atoms with E-state index in [9.17, 15) is 14.4 Å². The van der Waals surface area contributed by atoms with Crippen LogP contribution in [0.15, 0.2) is 24.3 Å². The van der Waals surface area contributed by atoms with Gasteiger partial charge < -0.3 is 15.0 Å². The van der Waals surface area contributed by atoms with Gasteiger partial charge in [0.05, 0.1) is 7.11 Å². The molecule has 0 aliphatic heterocycles. The van der Waals surface area contributed by atoms with Crippen LogP contribution in [0, 0.1) is 5.92 Å². The second-order valence-electron chi connectivity index (χ2n) is 6.08. The maximum absolute atomic E-state index is 12.4. The SMILES string of the molecule is CCN(C)C(=O)c1cccc(C(=O)NC(CC(C)C)C(=O)OC)c1. The second-order valence-corrected chi connectivity index (χ2v) is 6.08. The van der Waals surface area contributed by atoms with E-state index < -0.39 is 17.9 Å². The van der Waals surface area contributed by atoms with Crippen molar-refractivity contribution in [1.82, 2.24) is 10.2 Å². The molecule has 0 spiro atoms. The van der Waals surface area contributed by atoms with E-state index in [1.807, 2.05) is 20.8 Å². The molecule has 1 atom stereocenters. The largest absolute Gasteiger partial charge is 0.467 e. The molecular formula is C18H26N2O4. The van der Waals surface area contributed by atoms with Crippen LogP contribution in [0.2, 0.25) is 0 Å². The van der Waals surface area contributed by atoms with Crippen molar-refractivity contribution in [3.05, 3.63) is 35.4 Å². The van der Waals surface area contributed by atoms with Crippen LogP contribution in [0.1, 0.15) is 47.9 Å². The molecule has 1 aromatic rings. The summed E-state index contributed by atoms with van der Waals surface area (Å²) >= 11 is 0. The number of rotatable bonds is 7. The third-order valence-electron chi connectivity index (χ3n) is 3.69. The van der Waals surface area contributed by atoms with Gasteiger partial charge >= 0.3 is 5.97 Å². The number of nitrogens with one attached hydrogen (secondary N) is 1. The number of ether oxygens (including phenoxy) is 1. The number of hydrogen-bond acceptors (Lipinski definition) is 4. The van der Waals surface area contributed by atoms with E-state index in [1.165, 1.54) is 13.2 Å². The first-order valence-corrected chi connectivity index (χ1v) is 8.04. The van der Waals surface area contributed by atoms with Crippen molar-refractivity contribution < 1.29 is 19.1 Å². The first-order valence-electron chi connectivity index (χ1n) is 8.04. The molecule has 0 aliphatic carbocycles. The molecule has 24 heavy (non-hydrogen) atoms. The lowest BCUT2D eigenvalue weighted by molar-refractivity contribution is -0.143. The van der Waals surface area contributed by atoms with E-state index in [0.717, 1.165) is 0 Å². The van der Waals surface area contributed by atoms with E-state index in [0.29, 0.717) is 24.1 Å². The molecule has 1 rings (SSSR count). The predicted molar refractivity (Wildman–Crippen MR) is 91.8 cm³/mol. The van der Waals surface area contributed by atoms with Crippen LogP contribution in [0.3, 0.4) is 0 Å². The quantitative estimate of drug-likeness (QED) is 0.775. The molecule has 0 aliphatic rings. The summed E-state index contributed by atoms with van der Waals surface area (Å²) in [6.07, 6.45) is 0.482. The monoisotopic (exact) mass is 334 g/mol. The average molecular weight is 334 g/mol. The molecule has 6 heteroatoms. The van der Waals surface area contributed by atoms with Crippen molar-refractivity contribution in [3.8, 4) is 0 Å². The molecule has 6 nitrogen and oxygen atoms in total. The Labute approximate surface area is 143 Å². The van der Waals surface area contributed by atoms with Crippen LogP contribution in [0.4, 0.5) is 0 Å². The van der Waals surface area contributed by atoms with Crippen LogP contribution >= 0.6 is 0 Å². The van der Waals surface area contributed by atoms with Gasteiger partial charge in [0, 0.05) is 24.7 Å². The number of benzene rings is 1. The molecule has 0 fully saturated rings. The number of carbonyl (C=O) groups is 3. The van der Waals surface area contributed by atoms with E-state index in [2.05, 4.69) is 5.32 Å². The summed E-state index contributed by atoms with van der Waals surface area (Å²) < 4.78 is 4.74. The zero-order valence-corrected chi connectivity index (χ0v) is 15.0. The Balaban J connectivity index is 2.94. The summed E-state index contributed by atoms with van der Waals surface area (Å²) in [5.74, 6) is -0.811. The number of esters is 1. The van der Waals surface area contributed by atoms with Gasteiger partial charge in [0.2, 0.25) is 0 Å². The molecule has 1 aromatic carbocycles. The second kappa shape index (κ2) is 9.05. The summed E-state index contributed by atoms with van der Waals surface area (Å²) in [4.78, 5) is 38.0. The smallest absolute Gasteiger partial charge is 0.328 e. The number of carbonyl (C=O) groups excluding carboxylic acids is 3. The Bertz CT molecular complexity index is 598. The van der Waals surface area contributed by atoms with Gasteiger partial charge in [-0.2, -0.15) is 0 Å². The van der Waals surface area contributed by atoms with Crippen molar-refractivity contribution in [1.29, 1.82) is 0 Å². The molecule has 0 heterocycles. The van der Waals surface area contributed by atoms with Crippen LogP contribution in [0.5, 0.6) is 0 Å². The summed E-state index contributed by atoms with van der Waals surface area (Å²) in [5.41, 5.74) is 0.772. The van der Waals surface area contributed by atoms with E-state index in [4.69, 9.17) is 4.74 Å². The van der Waals surface area contributed by atoms with Crippen LogP contribution in [0.25, 0.3) is 0 Å². The van der Waals surface area contributed by atoms with Gasteiger partial charge in [0.15, 0.2) is 0 Å². The number of amides is 2. The number of nitrogens with zero attached hydrogens (tertiary/aromatic N) is 1. The highest BCUT2D eigenvalue weighted by molar-refractivity contribution is 6.00. The van der Waals surface area contributed by atoms with Crippen LogP contribution < -0.4 is 5.32 Å². The maximum atomic E-state index is 12.4. The first-order chi connectivity index (χ1) is 11.3. The summed E-state index contributed by atoms with van der Waals surface area (Å²) in [7, 11) is 2.99. The minimum Gasteiger partial charge on any atom is -0.467 e. The fraction of sp³-hybridized carbons (Fsp3) is 0.500. The molecule has 0 saturated carbocycles. The van der Waals surface area contributed by atoms with E-state index in [-0.39, 0.29) is 11.8 Å². The van der Waals surface area contributed by atoms with E-state index in [1.54, 1.807) is 30.1 Å². The molecule has 0 radical (unpaired) electrons. The maximum Gasteiger partial charge on any atom is 0.328 e. The van der Waals surface area contributed by atoms with Crippen LogP contribution in [-0.2, 0) is 9.53 Å². The van der Waals surface area contributed by atoms with Crippen LogP contribution in [-0.4, -0.2) is 49.4 Å². The molecule has 1 unspecified atom stereocenters. The molecule has 0 saturated heterocycles. The highest BCUT2D eigenvalue weighted by atomic mass is 16.5. The van der Waals surface area contributed by atoms with Crippen molar-refractivity contribution in [2.45, 2.75) is 33.2 Å². The highest BCUT2D eigenvalue weighted by Crippen LogP contribution is 2.11. The van der Waals surface area contributed by atoms with Crippen molar-refractivity contribution in [2.24, 2.45) is 5.92 Å². The molecular weight excluding hydrogens is 308 g/mol. The third-order valence-corrected chi connectivity index (χ3v) is 3.69. The lowest BCUT2D eigenvalue weighted by Crippen LogP contribution is -2.42. The summed E-state index contributed by atoms with van der Waals surface area (Å²) in [6.45, 7) is 6.37. The molecule has 1 N–H and O–H groups in total. The normalized spacial score (nSPS) is 11.8. The summed E-state index contributed by atoms with van der Waals surface area (Å²) in [5, 5.41) is 2.69. The van der Waals surface area contributed by atoms with E-state index >= 15 is 0 Å². The Morgan fingerprint density at radius 2 is 1.83 bits per heavy atom.